The SMILES string of the molecule is CCC(N)(CC)C(=O)Nc1cccc(S(C)(=O)=O)c1. The summed E-state index contributed by atoms with van der Waals surface area (Å²) in [6.07, 6.45) is 2.15. The molecule has 106 valence electrons. The molecule has 5 nitrogen and oxygen atoms in total. The number of nitrogens with two attached hydrogens (primary N) is 1. The Morgan fingerprint density at radius 3 is 2.37 bits per heavy atom. The summed E-state index contributed by atoms with van der Waals surface area (Å²) < 4.78 is 22.9. The molecule has 1 aromatic rings. The first-order valence-electron chi connectivity index (χ1n) is 6.13. The van der Waals surface area contributed by atoms with E-state index >= 15 is 0 Å². The number of benzene rings is 1. The van der Waals surface area contributed by atoms with Gasteiger partial charge in [0.2, 0.25) is 5.91 Å². The molecule has 0 saturated heterocycles. The van der Waals surface area contributed by atoms with Crippen LogP contribution in [0.2, 0.25) is 0 Å². The first-order valence-corrected chi connectivity index (χ1v) is 8.02. The number of hydrogen-bond acceptors (Lipinski definition) is 4. The third kappa shape index (κ3) is 3.78. The van der Waals surface area contributed by atoms with Crippen molar-refractivity contribution in [2.45, 2.75) is 37.1 Å². The van der Waals surface area contributed by atoms with Crippen molar-refractivity contribution in [1.82, 2.24) is 0 Å². The summed E-state index contributed by atoms with van der Waals surface area (Å²) in [4.78, 5) is 12.2. The second kappa shape index (κ2) is 5.71. The van der Waals surface area contributed by atoms with E-state index in [1.807, 2.05) is 13.8 Å². The molecule has 0 fully saturated rings. The van der Waals surface area contributed by atoms with Crippen molar-refractivity contribution in [3.63, 3.8) is 0 Å². The summed E-state index contributed by atoms with van der Waals surface area (Å²) in [6.45, 7) is 3.69. The van der Waals surface area contributed by atoms with Crippen molar-refractivity contribution in [3.8, 4) is 0 Å². The number of hydrogen-bond donors (Lipinski definition) is 2. The fourth-order valence-electron chi connectivity index (χ4n) is 1.63. The van der Waals surface area contributed by atoms with E-state index in [0.717, 1.165) is 6.26 Å². The van der Waals surface area contributed by atoms with E-state index < -0.39 is 15.4 Å². The Hall–Kier alpha value is -1.40. The lowest BCUT2D eigenvalue weighted by Gasteiger charge is -2.25. The Bertz CT molecular complexity index is 563. The van der Waals surface area contributed by atoms with E-state index in [9.17, 15) is 13.2 Å². The zero-order valence-electron chi connectivity index (χ0n) is 11.4. The van der Waals surface area contributed by atoms with Crippen LogP contribution in [-0.4, -0.2) is 26.1 Å². The van der Waals surface area contributed by atoms with Gasteiger partial charge in [-0.3, -0.25) is 4.79 Å². The minimum absolute atomic E-state index is 0.168. The van der Waals surface area contributed by atoms with Crippen LogP contribution in [0.25, 0.3) is 0 Å². The highest BCUT2D eigenvalue weighted by molar-refractivity contribution is 7.90. The first-order chi connectivity index (χ1) is 8.73. The summed E-state index contributed by atoms with van der Waals surface area (Å²) >= 11 is 0. The Morgan fingerprint density at radius 1 is 1.32 bits per heavy atom. The molecule has 3 N–H and O–H groups in total. The number of sulfone groups is 1. The standard InChI is InChI=1S/C13H20N2O3S/c1-4-13(14,5-2)12(16)15-10-7-6-8-11(9-10)19(3,17)18/h6-9H,4-5,14H2,1-3H3,(H,15,16). The topological polar surface area (TPSA) is 89.3 Å². The third-order valence-electron chi connectivity index (χ3n) is 3.23. The summed E-state index contributed by atoms with van der Waals surface area (Å²) in [5.74, 6) is -0.303. The van der Waals surface area contributed by atoms with Crippen molar-refractivity contribution in [2.75, 3.05) is 11.6 Å². The van der Waals surface area contributed by atoms with Crippen LogP contribution in [-0.2, 0) is 14.6 Å². The van der Waals surface area contributed by atoms with Crippen LogP contribution in [0.15, 0.2) is 29.2 Å². The molecule has 6 heteroatoms. The van der Waals surface area contributed by atoms with Gasteiger partial charge in [0.05, 0.1) is 10.4 Å². The molecule has 0 saturated carbocycles. The molecular weight excluding hydrogens is 264 g/mol. The molecule has 1 aromatic carbocycles. The highest BCUT2D eigenvalue weighted by atomic mass is 32.2. The lowest BCUT2D eigenvalue weighted by Crippen LogP contribution is -2.50. The molecular formula is C13H20N2O3S. The Morgan fingerprint density at radius 2 is 1.89 bits per heavy atom. The van der Waals surface area contributed by atoms with Crippen molar-refractivity contribution in [2.24, 2.45) is 5.73 Å². The monoisotopic (exact) mass is 284 g/mol. The molecule has 0 aliphatic rings. The van der Waals surface area contributed by atoms with E-state index in [1.54, 1.807) is 12.1 Å². The van der Waals surface area contributed by atoms with Crippen LogP contribution in [0.4, 0.5) is 5.69 Å². The minimum Gasteiger partial charge on any atom is -0.324 e. The quantitative estimate of drug-likeness (QED) is 0.858. The number of carbonyl (C=O) groups is 1. The number of carbonyl (C=O) groups excluding carboxylic acids is 1. The summed E-state index contributed by atoms with van der Waals surface area (Å²) in [5, 5.41) is 2.67. The highest BCUT2D eigenvalue weighted by Crippen LogP contribution is 2.18. The molecule has 0 radical (unpaired) electrons. The zero-order chi connectivity index (χ0) is 14.7. The summed E-state index contributed by atoms with van der Waals surface area (Å²) in [6, 6.07) is 6.14. The van der Waals surface area contributed by atoms with Crippen molar-refractivity contribution in [1.29, 1.82) is 0 Å². The fraction of sp³-hybridized carbons (Fsp3) is 0.462. The normalized spacial score (nSPS) is 12.2. The van der Waals surface area contributed by atoms with Gasteiger partial charge in [0.15, 0.2) is 9.84 Å². The van der Waals surface area contributed by atoms with Gasteiger partial charge in [-0.15, -0.1) is 0 Å². The van der Waals surface area contributed by atoms with Gasteiger partial charge in [-0.25, -0.2) is 8.42 Å². The smallest absolute Gasteiger partial charge is 0.244 e. The van der Waals surface area contributed by atoms with Crippen molar-refractivity contribution < 1.29 is 13.2 Å². The average Bonchev–Trinajstić information content (AvgIpc) is 2.37. The minimum atomic E-state index is -3.29. The molecule has 0 unspecified atom stereocenters. The van der Waals surface area contributed by atoms with Gasteiger partial charge in [0.25, 0.3) is 0 Å². The maximum absolute atomic E-state index is 12.1. The fourth-order valence-corrected chi connectivity index (χ4v) is 2.30. The predicted octanol–water partition coefficient (Wildman–Crippen LogP) is 1.55. The lowest BCUT2D eigenvalue weighted by atomic mass is 9.93. The van der Waals surface area contributed by atoms with E-state index in [2.05, 4.69) is 5.32 Å². The second-order valence-corrected chi connectivity index (χ2v) is 6.63. The van der Waals surface area contributed by atoms with Gasteiger partial charge in [0.1, 0.15) is 0 Å². The van der Waals surface area contributed by atoms with Gasteiger partial charge in [-0.1, -0.05) is 19.9 Å². The third-order valence-corrected chi connectivity index (χ3v) is 4.34. The molecule has 19 heavy (non-hydrogen) atoms. The molecule has 0 spiro atoms. The van der Waals surface area contributed by atoms with E-state index in [0.29, 0.717) is 18.5 Å². The van der Waals surface area contributed by atoms with E-state index in [4.69, 9.17) is 5.73 Å². The molecule has 0 aliphatic carbocycles. The van der Waals surface area contributed by atoms with Gasteiger partial charge in [0, 0.05) is 11.9 Å². The number of amides is 1. The average molecular weight is 284 g/mol. The van der Waals surface area contributed by atoms with Crippen LogP contribution in [0.3, 0.4) is 0 Å². The van der Waals surface area contributed by atoms with E-state index in [-0.39, 0.29) is 10.8 Å². The Labute approximate surface area is 114 Å². The maximum atomic E-state index is 12.1. The zero-order valence-corrected chi connectivity index (χ0v) is 12.3. The van der Waals surface area contributed by atoms with E-state index in [1.165, 1.54) is 12.1 Å². The van der Waals surface area contributed by atoms with Crippen molar-refractivity contribution in [3.05, 3.63) is 24.3 Å². The molecule has 0 aromatic heterocycles. The van der Waals surface area contributed by atoms with Crippen LogP contribution in [0, 0.1) is 0 Å². The molecule has 0 atom stereocenters. The lowest BCUT2D eigenvalue weighted by molar-refractivity contribution is -0.121. The summed E-state index contributed by atoms with van der Waals surface area (Å²) in [5.41, 5.74) is 5.49. The Balaban J connectivity index is 2.99. The number of anilines is 1. The Kier molecular flexibility index (Phi) is 4.70. The van der Waals surface area contributed by atoms with Crippen LogP contribution in [0.5, 0.6) is 0 Å². The van der Waals surface area contributed by atoms with Gasteiger partial charge in [-0.05, 0) is 31.0 Å². The molecule has 0 aliphatic heterocycles. The van der Waals surface area contributed by atoms with Gasteiger partial charge >= 0.3 is 0 Å². The molecule has 0 bridgehead atoms. The van der Waals surface area contributed by atoms with Crippen LogP contribution >= 0.6 is 0 Å². The number of nitrogens with one attached hydrogen (secondary N) is 1. The van der Waals surface area contributed by atoms with Gasteiger partial charge in [-0.2, -0.15) is 0 Å². The molecule has 1 rings (SSSR count). The predicted molar refractivity (Wildman–Crippen MR) is 75.7 cm³/mol. The number of rotatable bonds is 5. The first kappa shape index (κ1) is 15.7. The van der Waals surface area contributed by atoms with Crippen molar-refractivity contribution >= 4 is 21.4 Å². The van der Waals surface area contributed by atoms with Gasteiger partial charge < -0.3 is 11.1 Å². The molecule has 0 heterocycles. The summed E-state index contributed by atoms with van der Waals surface area (Å²) in [7, 11) is -3.29. The van der Waals surface area contributed by atoms with Crippen LogP contribution < -0.4 is 11.1 Å². The highest BCUT2D eigenvalue weighted by Gasteiger charge is 2.29. The van der Waals surface area contributed by atoms with Crippen LogP contribution in [0.1, 0.15) is 26.7 Å². The maximum Gasteiger partial charge on any atom is 0.244 e. The second-order valence-electron chi connectivity index (χ2n) is 4.62. The largest absolute Gasteiger partial charge is 0.324 e. The molecule has 1 amide bonds.